The Hall–Kier alpha value is -2.80. The molecule has 4 nitrogen and oxygen atoms in total. The summed E-state index contributed by atoms with van der Waals surface area (Å²) in [5.74, 6) is -0.973. The molecule has 3 rings (SSSR count). The van der Waals surface area contributed by atoms with E-state index in [-0.39, 0.29) is 23.3 Å². The van der Waals surface area contributed by atoms with Crippen LogP contribution in [0, 0.1) is 5.41 Å². The van der Waals surface area contributed by atoms with Gasteiger partial charge in [-0.3, -0.25) is 0 Å². The monoisotopic (exact) mass is 448 g/mol. The number of benzene rings is 2. The number of hydrogen-bond acceptors (Lipinski definition) is 4. The summed E-state index contributed by atoms with van der Waals surface area (Å²) in [6, 6.07) is 11.3. The van der Waals surface area contributed by atoms with Crippen molar-refractivity contribution in [1.29, 1.82) is 0 Å². The molecule has 0 heterocycles. The van der Waals surface area contributed by atoms with Crippen LogP contribution in [0.25, 0.3) is 5.57 Å². The molecule has 1 aliphatic rings. The van der Waals surface area contributed by atoms with Crippen molar-refractivity contribution < 1.29 is 32.5 Å². The molecule has 0 amide bonds. The first kappa shape index (κ1) is 23.9. The Morgan fingerprint density at radius 1 is 1.16 bits per heavy atom. The van der Waals surface area contributed by atoms with E-state index >= 15 is 0 Å². The zero-order valence-corrected chi connectivity index (χ0v) is 18.3. The van der Waals surface area contributed by atoms with Gasteiger partial charge in [-0.2, -0.15) is 13.2 Å². The Morgan fingerprint density at radius 3 is 2.41 bits per heavy atom. The predicted molar refractivity (Wildman–Crippen MR) is 115 cm³/mol. The van der Waals surface area contributed by atoms with E-state index in [4.69, 9.17) is 4.74 Å². The molecule has 7 heteroatoms. The van der Waals surface area contributed by atoms with Crippen molar-refractivity contribution in [2.75, 3.05) is 7.11 Å². The molecule has 1 N–H and O–H groups in total. The van der Waals surface area contributed by atoms with Crippen LogP contribution < -0.4 is 4.74 Å². The molecule has 0 radical (unpaired) electrons. The van der Waals surface area contributed by atoms with Gasteiger partial charge in [0.1, 0.15) is 12.4 Å². The van der Waals surface area contributed by atoms with Crippen molar-refractivity contribution in [3.8, 4) is 5.75 Å². The molecule has 1 unspecified atom stereocenters. The third kappa shape index (κ3) is 5.33. The smallest absolute Gasteiger partial charge is 0.416 e. The lowest BCUT2D eigenvalue weighted by Gasteiger charge is -2.31. The molecule has 1 atom stereocenters. The molecule has 0 aromatic heterocycles. The van der Waals surface area contributed by atoms with Gasteiger partial charge >= 0.3 is 12.1 Å². The van der Waals surface area contributed by atoms with Gasteiger partial charge in [0.25, 0.3) is 0 Å². The molecule has 1 aliphatic carbocycles. The molecule has 172 valence electrons. The molecule has 2 aromatic carbocycles. The third-order valence-electron chi connectivity index (χ3n) is 5.74. The van der Waals surface area contributed by atoms with Crippen molar-refractivity contribution in [2.24, 2.45) is 5.41 Å². The Balaban J connectivity index is 2.18. The highest BCUT2D eigenvalue weighted by molar-refractivity contribution is 5.83. The molecule has 0 fully saturated rings. The summed E-state index contributed by atoms with van der Waals surface area (Å²) >= 11 is 0. The summed E-state index contributed by atoms with van der Waals surface area (Å²) in [6.07, 6.45) is -3.09. The second-order valence-corrected chi connectivity index (χ2v) is 8.70. The van der Waals surface area contributed by atoms with Crippen LogP contribution in [-0.4, -0.2) is 18.2 Å². The number of carbonyl (C=O) groups excluding carboxylic acids is 1. The van der Waals surface area contributed by atoms with Gasteiger partial charge in [-0.1, -0.05) is 50.3 Å². The quantitative estimate of drug-likeness (QED) is 0.544. The number of aliphatic hydroxyl groups excluding tert-OH is 1. The van der Waals surface area contributed by atoms with E-state index in [1.54, 1.807) is 0 Å². The first-order chi connectivity index (χ1) is 15.0. The van der Waals surface area contributed by atoms with Gasteiger partial charge in [-0.15, -0.1) is 0 Å². The summed E-state index contributed by atoms with van der Waals surface area (Å²) in [5.41, 5.74) is -0.0195. The first-order valence-electron chi connectivity index (χ1n) is 10.4. The number of esters is 1. The number of rotatable bonds is 6. The molecule has 32 heavy (non-hydrogen) atoms. The average molecular weight is 448 g/mol. The number of halogens is 3. The highest BCUT2D eigenvalue weighted by Crippen LogP contribution is 2.47. The number of hydrogen-bond donors (Lipinski definition) is 1. The fourth-order valence-corrected chi connectivity index (χ4v) is 3.85. The lowest BCUT2D eigenvalue weighted by molar-refractivity contribution is -0.152. The molecule has 2 aromatic rings. The maximum Gasteiger partial charge on any atom is 0.416 e. The van der Waals surface area contributed by atoms with E-state index in [0.717, 1.165) is 25.2 Å². The van der Waals surface area contributed by atoms with Crippen molar-refractivity contribution in [1.82, 2.24) is 0 Å². The Labute approximate surface area is 185 Å². The second-order valence-electron chi connectivity index (χ2n) is 8.70. The van der Waals surface area contributed by atoms with Crippen LogP contribution >= 0.6 is 0 Å². The van der Waals surface area contributed by atoms with Gasteiger partial charge in [0.15, 0.2) is 6.10 Å². The number of aliphatic hydroxyl groups is 1. The zero-order valence-electron chi connectivity index (χ0n) is 18.3. The predicted octanol–water partition coefficient (Wildman–Crippen LogP) is 6.08. The lowest BCUT2D eigenvalue weighted by atomic mass is 9.75. The van der Waals surface area contributed by atoms with Crippen LogP contribution in [0.15, 0.2) is 48.5 Å². The summed E-state index contributed by atoms with van der Waals surface area (Å²) < 4.78 is 52.2. The average Bonchev–Trinajstić information content (AvgIpc) is 2.76. The van der Waals surface area contributed by atoms with Gasteiger partial charge < -0.3 is 14.6 Å². The normalized spacial score (nSPS) is 16.8. The minimum atomic E-state index is -4.77. The Bertz CT molecular complexity index is 994. The van der Waals surface area contributed by atoms with Gasteiger partial charge in [0.05, 0.1) is 12.7 Å². The van der Waals surface area contributed by atoms with Gasteiger partial charge in [-0.05, 0) is 47.9 Å². The van der Waals surface area contributed by atoms with E-state index in [1.165, 1.54) is 6.07 Å². The first-order valence-corrected chi connectivity index (χ1v) is 10.4. The van der Waals surface area contributed by atoms with Crippen LogP contribution in [-0.2, 0) is 22.3 Å². The van der Waals surface area contributed by atoms with Crippen molar-refractivity contribution >= 4 is 11.5 Å². The summed E-state index contributed by atoms with van der Waals surface area (Å²) in [7, 11) is 1.02. The minimum Gasteiger partial charge on any atom is -0.488 e. The van der Waals surface area contributed by atoms with Crippen LogP contribution in [0.1, 0.15) is 61.5 Å². The zero-order chi connectivity index (χ0) is 23.5. The SMILES string of the molecule is COC(=O)C(O)c1c(C(F)(F)F)ccc(OCc2ccccc2)c1C1=CCC(C)(C)CC1. The van der Waals surface area contributed by atoms with Crippen LogP contribution in [0.5, 0.6) is 5.75 Å². The highest BCUT2D eigenvalue weighted by Gasteiger charge is 2.40. The van der Waals surface area contributed by atoms with E-state index < -0.39 is 29.4 Å². The maximum atomic E-state index is 13.9. The van der Waals surface area contributed by atoms with Gasteiger partial charge in [0, 0.05) is 11.1 Å². The number of methoxy groups -OCH3 is 1. The second kappa shape index (κ2) is 9.36. The van der Waals surface area contributed by atoms with Crippen molar-refractivity contribution in [3.05, 3.63) is 70.8 Å². The third-order valence-corrected chi connectivity index (χ3v) is 5.74. The molecular weight excluding hydrogens is 421 g/mol. The van der Waals surface area contributed by atoms with E-state index in [9.17, 15) is 23.1 Å². The fourth-order valence-electron chi connectivity index (χ4n) is 3.85. The number of carbonyl (C=O) groups is 1. The lowest BCUT2D eigenvalue weighted by Crippen LogP contribution is -2.22. The molecular formula is C25H27F3O4. The summed E-state index contributed by atoms with van der Waals surface area (Å²) in [4.78, 5) is 12.1. The van der Waals surface area contributed by atoms with Crippen LogP contribution in [0.3, 0.4) is 0 Å². The summed E-state index contributed by atoms with van der Waals surface area (Å²) in [5, 5.41) is 10.6. The Morgan fingerprint density at radius 2 is 1.84 bits per heavy atom. The topological polar surface area (TPSA) is 55.8 Å². The molecule has 0 aliphatic heterocycles. The molecule has 0 spiro atoms. The van der Waals surface area contributed by atoms with E-state index in [1.807, 2.05) is 36.4 Å². The van der Waals surface area contributed by atoms with Gasteiger partial charge in [-0.25, -0.2) is 4.79 Å². The van der Waals surface area contributed by atoms with Crippen LogP contribution in [0.2, 0.25) is 0 Å². The van der Waals surface area contributed by atoms with E-state index in [2.05, 4.69) is 18.6 Å². The van der Waals surface area contributed by atoms with Crippen LogP contribution in [0.4, 0.5) is 13.2 Å². The number of allylic oxidation sites excluding steroid dienone is 2. The molecule has 0 saturated heterocycles. The number of ether oxygens (including phenoxy) is 2. The highest BCUT2D eigenvalue weighted by atomic mass is 19.4. The van der Waals surface area contributed by atoms with Crippen molar-refractivity contribution in [3.63, 3.8) is 0 Å². The van der Waals surface area contributed by atoms with E-state index in [0.29, 0.717) is 18.4 Å². The molecule has 0 bridgehead atoms. The Kier molecular flexibility index (Phi) is 6.98. The maximum absolute atomic E-state index is 13.9. The van der Waals surface area contributed by atoms with Gasteiger partial charge in [0.2, 0.25) is 0 Å². The summed E-state index contributed by atoms with van der Waals surface area (Å²) in [6.45, 7) is 4.30. The number of alkyl halides is 3. The largest absolute Gasteiger partial charge is 0.488 e. The fraction of sp³-hybridized carbons (Fsp3) is 0.400. The minimum absolute atomic E-state index is 0.0112. The van der Waals surface area contributed by atoms with Crippen molar-refractivity contribution in [2.45, 2.75) is 52.0 Å². The standard InChI is InChI=1S/C25H27F3O4/c1-24(2)13-11-17(12-14-24)20-19(32-15-16-7-5-4-6-8-16)10-9-18(25(26,27)28)21(20)22(29)23(30)31-3/h4-11,22,29H,12-15H2,1-3H3. The molecule has 0 saturated carbocycles.